The number of hydrogen-bond acceptors (Lipinski definition) is 1. The molecule has 5 heavy (non-hydrogen) atoms. The summed E-state index contributed by atoms with van der Waals surface area (Å²) in [5, 5.41) is 0. The van der Waals surface area contributed by atoms with Crippen LogP contribution in [0.4, 0.5) is 0 Å². The quantitative estimate of drug-likeness (QED) is 0.506. The Labute approximate surface area is 76.6 Å². The van der Waals surface area contributed by atoms with Crippen molar-refractivity contribution < 1.29 is 77.5 Å². The Morgan fingerprint density at radius 3 is 1.20 bits per heavy atom. The van der Waals surface area contributed by atoms with E-state index in [-0.39, 0.29) is 54.3 Å². The Bertz CT molecular complexity index is 11.6. The molecule has 0 N–H and O–H groups in total. The monoisotopic (exact) mass is 415 g/mol. The minimum absolute atomic E-state index is 0. The molecule has 0 atom stereocenters. The van der Waals surface area contributed by atoms with Gasteiger partial charge in [-0.15, -0.1) is 0 Å². The van der Waals surface area contributed by atoms with E-state index in [2.05, 4.69) is 0 Å². The van der Waals surface area contributed by atoms with Gasteiger partial charge in [0.25, 0.3) is 0 Å². The van der Waals surface area contributed by atoms with E-state index in [4.69, 9.17) is 3.40 Å². The third kappa shape index (κ3) is 22.7. The average Bonchev–Trinajstić information content (AvgIpc) is 1.00. The fourth-order valence-corrected chi connectivity index (χ4v) is 0. The maximum absolute atomic E-state index is 8.33. The Hall–Kier alpha value is 2.18. The Morgan fingerprint density at radius 1 is 1.20 bits per heavy atom. The molecule has 5 heteroatoms. The first-order chi connectivity index (χ1) is 1.00. The van der Waals surface area contributed by atoms with Crippen LogP contribution in [0.15, 0.2) is 0 Å². The maximum atomic E-state index is 8.33. The van der Waals surface area contributed by atoms with Gasteiger partial charge in [-0.1, -0.05) is 0 Å². The molecule has 0 aromatic carbocycles. The molecular weight excluding hydrogens is 413 g/mol. The van der Waals surface area contributed by atoms with Gasteiger partial charge in [-0.3, -0.25) is 0 Å². The van der Waals surface area contributed by atoms with Crippen molar-refractivity contribution in [1.82, 2.24) is 0 Å². The first-order valence-electron chi connectivity index (χ1n) is 0.167. The Balaban J connectivity index is -0.00000000167. The van der Waals surface area contributed by atoms with Gasteiger partial charge in [-0.25, -0.2) is 0 Å². The van der Waals surface area contributed by atoms with E-state index in [9.17, 15) is 0 Å². The van der Waals surface area contributed by atoms with E-state index in [1.54, 1.807) is 0 Å². The van der Waals surface area contributed by atoms with Gasteiger partial charge in [0.2, 0.25) is 0 Å². The van der Waals surface area contributed by atoms with E-state index in [0.717, 1.165) is 0 Å². The van der Waals surface area contributed by atoms with Crippen LogP contribution in [0.3, 0.4) is 0 Å². The van der Waals surface area contributed by atoms with Gasteiger partial charge in [-0.05, 0) is 0 Å². The average molecular weight is 413 g/mol. The van der Waals surface area contributed by atoms with Crippen LogP contribution in [0.5, 0.6) is 0 Å². The van der Waals surface area contributed by atoms with Crippen LogP contribution in [0.1, 0.15) is 0 Å². The van der Waals surface area contributed by atoms with Crippen LogP contribution in [0.2, 0.25) is 0 Å². The van der Waals surface area contributed by atoms with Crippen molar-refractivity contribution in [2.75, 3.05) is 0 Å². The summed E-state index contributed by atoms with van der Waals surface area (Å²) in [7, 11) is 0. The van der Waals surface area contributed by atoms with Crippen molar-refractivity contribution >= 4 is 0 Å². The summed E-state index contributed by atoms with van der Waals surface area (Å²) in [6.07, 6.45) is 0. The zero-order valence-electron chi connectivity index (χ0n) is 1.87. The van der Waals surface area contributed by atoms with E-state index in [1.807, 2.05) is 0 Å². The van der Waals surface area contributed by atoms with Gasteiger partial charge >= 0.3 is 23.2 Å². The van der Waals surface area contributed by atoms with Gasteiger partial charge < -0.3 is 0 Å². The molecule has 0 rings (SSSR count). The zero-order chi connectivity index (χ0) is 2.00. The van der Waals surface area contributed by atoms with Crippen LogP contribution in [-0.2, 0) is 77.5 Å². The molecule has 0 amide bonds. The molecule has 1 nitrogen and oxygen atoms in total. The van der Waals surface area contributed by atoms with Crippen LogP contribution in [0, 0.1) is 0 Å². The molecule has 0 aliphatic heterocycles. The summed E-state index contributed by atoms with van der Waals surface area (Å²) in [6.45, 7) is 0. The second-order valence-corrected chi connectivity index (χ2v) is 0. The van der Waals surface area contributed by atoms with Crippen LogP contribution in [-0.4, -0.2) is 0 Å². The summed E-state index contributed by atoms with van der Waals surface area (Å²) in [6, 6.07) is 0. The molecule has 1 radical (unpaired) electrons. The summed E-state index contributed by atoms with van der Waals surface area (Å²) in [5.41, 5.74) is 0. The van der Waals surface area contributed by atoms with Crippen molar-refractivity contribution in [1.29, 1.82) is 0 Å². The Morgan fingerprint density at radius 2 is 1.20 bits per heavy atom. The molecule has 0 bridgehead atoms. The van der Waals surface area contributed by atoms with Gasteiger partial charge in [-0.2, -0.15) is 0 Å². The summed E-state index contributed by atoms with van der Waals surface area (Å²) < 4.78 is 8.33. The van der Waals surface area contributed by atoms with Gasteiger partial charge in [0.15, 0.2) is 0 Å². The fraction of sp³-hybridized carbons (Fsp3) is 0. The second-order valence-electron chi connectivity index (χ2n) is 0. The molecule has 0 aromatic heterocycles. The van der Waals surface area contributed by atoms with Gasteiger partial charge in [0, 0.05) is 54.3 Å². The molecule has 0 aromatic rings. The summed E-state index contributed by atoms with van der Waals surface area (Å²) in [4.78, 5) is 0. The van der Waals surface area contributed by atoms with Crippen molar-refractivity contribution in [3.05, 3.63) is 0 Å². The SMILES string of the molecule is [Co].[Mo].[Ni].[O]=[W]. The molecule has 0 saturated carbocycles. The normalized spacial score (nSPS) is 0.800. The number of rotatable bonds is 0. The second kappa shape index (κ2) is 34.9. The third-order valence-corrected chi connectivity index (χ3v) is 0. The van der Waals surface area contributed by atoms with E-state index in [1.165, 1.54) is 0 Å². The standard InChI is InChI=1S/Co.Mo.Ni.O.W. The third-order valence-electron chi connectivity index (χ3n) is 0. The Kier molecular flexibility index (Phi) is 190. The molecule has 0 aliphatic rings. The van der Waals surface area contributed by atoms with Crippen molar-refractivity contribution in [2.45, 2.75) is 0 Å². The predicted octanol–water partition coefficient (Wildman–Crippen LogP) is -0.129. The van der Waals surface area contributed by atoms with Crippen LogP contribution in [0.25, 0.3) is 0 Å². The molecule has 0 fully saturated rings. The van der Waals surface area contributed by atoms with E-state index in [0.29, 0.717) is 19.8 Å². The van der Waals surface area contributed by atoms with Crippen LogP contribution < -0.4 is 0 Å². The molecule has 0 saturated heterocycles. The van der Waals surface area contributed by atoms with Crippen molar-refractivity contribution in [3.63, 3.8) is 0 Å². The van der Waals surface area contributed by atoms with E-state index < -0.39 is 0 Å². The molecule has 0 heterocycles. The molecular formula is CoMoNiOW. The fourth-order valence-electron chi connectivity index (χ4n) is 0. The molecule has 0 aliphatic carbocycles. The molecule has 37 valence electrons. The molecule has 0 spiro atoms. The zero-order valence-corrected chi connectivity index (χ0v) is 8.84. The van der Waals surface area contributed by atoms with Crippen LogP contribution >= 0.6 is 0 Å². The van der Waals surface area contributed by atoms with Gasteiger partial charge in [0.1, 0.15) is 0 Å². The minimum atomic E-state index is 0. The predicted molar refractivity (Wildman–Crippen MR) is 0.686 cm³/mol. The van der Waals surface area contributed by atoms with Crippen molar-refractivity contribution in [3.8, 4) is 0 Å². The first kappa shape index (κ1) is 27.1. The number of hydrogen-bond donors (Lipinski definition) is 0. The molecule has 0 unspecified atom stereocenters. The summed E-state index contributed by atoms with van der Waals surface area (Å²) in [5.74, 6) is 0. The van der Waals surface area contributed by atoms with Gasteiger partial charge in [0.05, 0.1) is 0 Å². The summed E-state index contributed by atoms with van der Waals surface area (Å²) >= 11 is 0.333. The van der Waals surface area contributed by atoms with E-state index >= 15 is 0 Å². The topological polar surface area (TPSA) is 17.1 Å². The first-order valence-corrected chi connectivity index (χ1v) is 1.36. The van der Waals surface area contributed by atoms with Crippen molar-refractivity contribution in [2.24, 2.45) is 0 Å².